The summed E-state index contributed by atoms with van der Waals surface area (Å²) in [6, 6.07) is 7.48. The van der Waals surface area contributed by atoms with Crippen LogP contribution in [0, 0.1) is 3.57 Å². The highest BCUT2D eigenvalue weighted by molar-refractivity contribution is 14.1. The van der Waals surface area contributed by atoms with Gasteiger partial charge in [-0.3, -0.25) is 0 Å². The fourth-order valence-electron chi connectivity index (χ4n) is 1.43. The van der Waals surface area contributed by atoms with Gasteiger partial charge in [0, 0.05) is 3.57 Å². The van der Waals surface area contributed by atoms with E-state index < -0.39 is 11.1 Å². The Hall–Kier alpha value is -0.170. The number of aliphatic hydroxyl groups excluding tert-OH is 1. The van der Waals surface area contributed by atoms with Crippen LogP contribution < -0.4 is 5.73 Å². The molecule has 0 heterocycles. The van der Waals surface area contributed by atoms with E-state index in [4.69, 9.17) is 5.73 Å². The van der Waals surface area contributed by atoms with Gasteiger partial charge in [0.15, 0.2) is 0 Å². The molecule has 3 nitrogen and oxygen atoms in total. The first-order chi connectivity index (χ1) is 6.83. The number of rotatable bonds is 3. The van der Waals surface area contributed by atoms with Crippen molar-refractivity contribution in [3.05, 3.63) is 33.4 Å². The van der Waals surface area contributed by atoms with Crippen molar-refractivity contribution in [2.45, 2.75) is 25.0 Å². The Morgan fingerprint density at radius 3 is 2.27 bits per heavy atom. The zero-order valence-electron chi connectivity index (χ0n) is 8.87. The first-order valence-electron chi connectivity index (χ1n) is 4.70. The second-order valence-electron chi connectivity index (χ2n) is 4.17. The van der Waals surface area contributed by atoms with E-state index >= 15 is 0 Å². The molecule has 0 aliphatic carbocycles. The summed E-state index contributed by atoms with van der Waals surface area (Å²) in [5.74, 6) is 0. The third kappa shape index (κ3) is 2.33. The van der Waals surface area contributed by atoms with E-state index in [2.05, 4.69) is 22.6 Å². The number of halogens is 1. The average Bonchev–Trinajstić information content (AvgIpc) is 2.15. The van der Waals surface area contributed by atoms with Gasteiger partial charge in [-0.25, -0.2) is 0 Å². The highest BCUT2D eigenvalue weighted by atomic mass is 127. The van der Waals surface area contributed by atoms with Crippen LogP contribution in [0.3, 0.4) is 0 Å². The van der Waals surface area contributed by atoms with Crippen molar-refractivity contribution >= 4 is 22.6 Å². The number of aliphatic hydroxyl groups is 2. The predicted octanol–water partition coefficient (Wildman–Crippen LogP) is 1.21. The molecule has 0 amide bonds. The van der Waals surface area contributed by atoms with E-state index in [-0.39, 0.29) is 6.61 Å². The summed E-state index contributed by atoms with van der Waals surface area (Å²) in [6.45, 7) is 2.91. The Bertz CT molecular complexity index is 349. The van der Waals surface area contributed by atoms with E-state index in [0.717, 1.165) is 9.13 Å². The third-order valence-corrected chi connectivity index (χ3v) is 3.64. The lowest BCUT2D eigenvalue weighted by atomic mass is 9.78. The Labute approximate surface area is 103 Å². The van der Waals surface area contributed by atoms with Crippen molar-refractivity contribution < 1.29 is 10.2 Å². The van der Waals surface area contributed by atoms with Crippen molar-refractivity contribution in [2.75, 3.05) is 6.61 Å². The van der Waals surface area contributed by atoms with Crippen molar-refractivity contribution in [3.8, 4) is 0 Å². The first-order valence-corrected chi connectivity index (χ1v) is 5.78. The lowest BCUT2D eigenvalue weighted by Crippen LogP contribution is -2.57. The van der Waals surface area contributed by atoms with Crippen molar-refractivity contribution in [1.29, 1.82) is 0 Å². The van der Waals surface area contributed by atoms with Gasteiger partial charge in [0.1, 0.15) is 0 Å². The SMILES string of the molecule is CC(C)(O)C(N)(CO)c1ccccc1I. The molecular formula is C11H16INO2. The zero-order valence-corrected chi connectivity index (χ0v) is 11.0. The van der Waals surface area contributed by atoms with Crippen molar-refractivity contribution in [1.82, 2.24) is 0 Å². The molecule has 0 aliphatic heterocycles. The molecule has 1 atom stereocenters. The third-order valence-electron chi connectivity index (χ3n) is 2.70. The van der Waals surface area contributed by atoms with E-state index in [1.54, 1.807) is 13.8 Å². The highest BCUT2D eigenvalue weighted by Gasteiger charge is 2.42. The lowest BCUT2D eigenvalue weighted by molar-refractivity contribution is -0.0324. The van der Waals surface area contributed by atoms with Crippen LogP contribution in [0.2, 0.25) is 0 Å². The summed E-state index contributed by atoms with van der Waals surface area (Å²) >= 11 is 2.15. The molecule has 0 fully saturated rings. The number of hydrogen-bond donors (Lipinski definition) is 3. The van der Waals surface area contributed by atoms with Gasteiger partial charge in [-0.05, 0) is 48.1 Å². The Balaban J connectivity index is 3.30. The molecule has 4 heteroatoms. The molecule has 0 radical (unpaired) electrons. The van der Waals surface area contributed by atoms with E-state index in [1.165, 1.54) is 0 Å². The van der Waals surface area contributed by atoms with Gasteiger partial charge in [0.2, 0.25) is 0 Å². The lowest BCUT2D eigenvalue weighted by Gasteiger charge is -2.39. The van der Waals surface area contributed by atoms with Crippen LogP contribution in [-0.4, -0.2) is 22.4 Å². The standard InChI is InChI=1S/C11H16INO2/c1-10(2,15)11(13,7-14)8-5-3-4-6-9(8)12/h3-6,14-15H,7,13H2,1-2H3. The molecule has 15 heavy (non-hydrogen) atoms. The van der Waals surface area contributed by atoms with Crippen LogP contribution in [0.15, 0.2) is 24.3 Å². The monoisotopic (exact) mass is 321 g/mol. The fraction of sp³-hybridized carbons (Fsp3) is 0.455. The van der Waals surface area contributed by atoms with Gasteiger partial charge in [0.25, 0.3) is 0 Å². The first kappa shape index (κ1) is 12.9. The molecule has 84 valence electrons. The average molecular weight is 321 g/mol. The van der Waals surface area contributed by atoms with Crippen LogP contribution in [0.4, 0.5) is 0 Å². The van der Waals surface area contributed by atoms with Crippen LogP contribution in [0.1, 0.15) is 19.4 Å². The van der Waals surface area contributed by atoms with Gasteiger partial charge in [-0.1, -0.05) is 18.2 Å². The maximum Gasteiger partial charge on any atom is 0.0940 e. The van der Waals surface area contributed by atoms with Gasteiger partial charge in [-0.2, -0.15) is 0 Å². The summed E-state index contributed by atoms with van der Waals surface area (Å²) < 4.78 is 0.939. The molecule has 0 spiro atoms. The van der Waals surface area contributed by atoms with Crippen molar-refractivity contribution in [2.24, 2.45) is 5.73 Å². The minimum Gasteiger partial charge on any atom is -0.394 e. The summed E-state index contributed by atoms with van der Waals surface area (Å²) in [6.07, 6.45) is 0. The Morgan fingerprint density at radius 1 is 1.33 bits per heavy atom. The summed E-state index contributed by atoms with van der Waals surface area (Å²) in [5.41, 5.74) is 4.54. The fourth-order valence-corrected chi connectivity index (χ4v) is 2.30. The zero-order chi connectivity index (χ0) is 11.7. The molecule has 1 unspecified atom stereocenters. The van der Waals surface area contributed by atoms with Crippen LogP contribution >= 0.6 is 22.6 Å². The molecule has 1 rings (SSSR count). The molecular weight excluding hydrogens is 305 g/mol. The van der Waals surface area contributed by atoms with Crippen molar-refractivity contribution in [3.63, 3.8) is 0 Å². The predicted molar refractivity (Wildman–Crippen MR) is 68.4 cm³/mol. The number of benzene rings is 1. The second-order valence-corrected chi connectivity index (χ2v) is 5.33. The maximum absolute atomic E-state index is 10.0. The van der Waals surface area contributed by atoms with E-state index in [1.807, 2.05) is 24.3 Å². The number of nitrogens with two attached hydrogens (primary N) is 1. The molecule has 0 aliphatic rings. The summed E-state index contributed by atoms with van der Waals surface area (Å²) in [4.78, 5) is 0. The molecule has 0 saturated carbocycles. The summed E-state index contributed by atoms with van der Waals surface area (Å²) in [5, 5.41) is 19.4. The molecule has 0 saturated heterocycles. The summed E-state index contributed by atoms with van der Waals surface area (Å²) in [7, 11) is 0. The van der Waals surface area contributed by atoms with Gasteiger partial charge in [0.05, 0.1) is 17.7 Å². The number of hydrogen-bond acceptors (Lipinski definition) is 3. The normalized spacial score (nSPS) is 16.1. The van der Waals surface area contributed by atoms with Crippen LogP contribution in [0.5, 0.6) is 0 Å². The smallest absolute Gasteiger partial charge is 0.0940 e. The molecule has 0 aromatic heterocycles. The Morgan fingerprint density at radius 2 is 1.87 bits per heavy atom. The topological polar surface area (TPSA) is 66.5 Å². The maximum atomic E-state index is 10.0. The molecule has 1 aromatic carbocycles. The van der Waals surface area contributed by atoms with Gasteiger partial charge >= 0.3 is 0 Å². The van der Waals surface area contributed by atoms with E-state index in [0.29, 0.717) is 0 Å². The minimum atomic E-state index is -1.18. The van der Waals surface area contributed by atoms with Gasteiger partial charge < -0.3 is 15.9 Å². The second kappa shape index (κ2) is 4.37. The van der Waals surface area contributed by atoms with Gasteiger partial charge in [-0.15, -0.1) is 0 Å². The highest BCUT2D eigenvalue weighted by Crippen LogP contribution is 2.32. The molecule has 0 bridgehead atoms. The largest absolute Gasteiger partial charge is 0.394 e. The minimum absolute atomic E-state index is 0.295. The quantitative estimate of drug-likeness (QED) is 0.733. The van der Waals surface area contributed by atoms with Crippen LogP contribution in [0.25, 0.3) is 0 Å². The van der Waals surface area contributed by atoms with Crippen LogP contribution in [-0.2, 0) is 5.54 Å². The Kier molecular flexibility index (Phi) is 3.76. The molecule has 4 N–H and O–H groups in total. The van der Waals surface area contributed by atoms with E-state index in [9.17, 15) is 10.2 Å². The molecule has 1 aromatic rings.